The Morgan fingerprint density at radius 2 is 2.30 bits per heavy atom. The van der Waals surface area contributed by atoms with Gasteiger partial charge in [-0.15, -0.1) is 0 Å². The van der Waals surface area contributed by atoms with Crippen LogP contribution >= 0.6 is 0 Å². The molecule has 1 fully saturated rings. The minimum Gasteiger partial charge on any atom is -0.340 e. The number of carbonyl (C=O) groups excluding carboxylic acids is 1. The Morgan fingerprint density at radius 3 is 2.80 bits per heavy atom. The van der Waals surface area contributed by atoms with Gasteiger partial charge in [0.15, 0.2) is 0 Å². The molecule has 0 spiro atoms. The van der Waals surface area contributed by atoms with Gasteiger partial charge in [0.2, 0.25) is 6.41 Å². The minimum absolute atomic E-state index is 0.355. The normalized spacial score (nSPS) is 34.0. The van der Waals surface area contributed by atoms with Gasteiger partial charge in [0.25, 0.3) is 0 Å². The molecule has 3 nitrogen and oxygen atoms in total. The van der Waals surface area contributed by atoms with Crippen molar-refractivity contribution in [1.29, 1.82) is 0 Å². The lowest BCUT2D eigenvalue weighted by molar-refractivity contribution is -0.121. The largest absolute Gasteiger partial charge is 0.340 e. The summed E-state index contributed by atoms with van der Waals surface area (Å²) in [6.07, 6.45) is 0.933. The lowest BCUT2D eigenvalue weighted by Crippen LogP contribution is -2.53. The Hall–Kier alpha value is -0.570. The summed E-state index contributed by atoms with van der Waals surface area (Å²) in [4.78, 5) is 12.2. The zero-order valence-corrected chi connectivity index (χ0v) is 6.50. The van der Waals surface area contributed by atoms with Gasteiger partial charge in [-0.05, 0) is 13.8 Å². The van der Waals surface area contributed by atoms with E-state index in [1.807, 2.05) is 11.8 Å². The first-order valence-corrected chi connectivity index (χ1v) is 3.68. The molecule has 1 aliphatic heterocycles. The average molecular weight is 142 g/mol. The molecular weight excluding hydrogens is 128 g/mol. The molecule has 1 rings (SSSR count). The molecule has 0 aliphatic carbocycles. The Kier molecular flexibility index (Phi) is 2.27. The monoisotopic (exact) mass is 142 g/mol. The topological polar surface area (TPSA) is 32.3 Å². The maximum absolute atomic E-state index is 10.4. The van der Waals surface area contributed by atoms with Crippen molar-refractivity contribution >= 4 is 6.41 Å². The summed E-state index contributed by atoms with van der Waals surface area (Å²) in [6, 6.07) is 0.801. The molecule has 3 heteroatoms. The van der Waals surface area contributed by atoms with E-state index in [0.29, 0.717) is 12.1 Å². The van der Waals surface area contributed by atoms with Gasteiger partial charge in [0.05, 0.1) is 0 Å². The van der Waals surface area contributed by atoms with E-state index >= 15 is 0 Å². The van der Waals surface area contributed by atoms with Crippen molar-refractivity contribution in [2.45, 2.75) is 25.9 Å². The van der Waals surface area contributed by atoms with Crippen molar-refractivity contribution in [1.82, 2.24) is 10.2 Å². The van der Waals surface area contributed by atoms with Gasteiger partial charge < -0.3 is 10.2 Å². The van der Waals surface area contributed by atoms with E-state index in [9.17, 15) is 4.79 Å². The minimum atomic E-state index is 0.355. The van der Waals surface area contributed by atoms with Crippen molar-refractivity contribution < 1.29 is 4.79 Å². The Balaban J connectivity index is 2.45. The molecule has 1 heterocycles. The third-order valence-corrected chi connectivity index (χ3v) is 1.95. The highest BCUT2D eigenvalue weighted by molar-refractivity contribution is 5.48. The first kappa shape index (κ1) is 7.54. The molecule has 1 N–H and O–H groups in total. The summed E-state index contributed by atoms with van der Waals surface area (Å²) in [7, 11) is 0. The van der Waals surface area contributed by atoms with Crippen molar-refractivity contribution in [3.8, 4) is 0 Å². The summed E-state index contributed by atoms with van der Waals surface area (Å²) in [6.45, 7) is 5.89. The summed E-state index contributed by atoms with van der Waals surface area (Å²) in [5.41, 5.74) is 0. The van der Waals surface area contributed by atoms with Gasteiger partial charge in [0.1, 0.15) is 0 Å². The number of hydrogen-bond acceptors (Lipinski definition) is 2. The summed E-state index contributed by atoms with van der Waals surface area (Å²) in [5, 5.41) is 3.30. The Bertz CT molecular complexity index is 127. The van der Waals surface area contributed by atoms with Crippen LogP contribution in [0.2, 0.25) is 0 Å². The molecular formula is C7H14N2O. The first-order chi connectivity index (χ1) is 4.74. The fourth-order valence-corrected chi connectivity index (χ4v) is 1.20. The molecule has 1 saturated heterocycles. The Morgan fingerprint density at radius 1 is 1.60 bits per heavy atom. The third-order valence-electron chi connectivity index (χ3n) is 1.95. The second-order valence-corrected chi connectivity index (χ2v) is 2.96. The van der Waals surface area contributed by atoms with Crippen molar-refractivity contribution in [3.63, 3.8) is 0 Å². The fraction of sp³-hybridized carbons (Fsp3) is 0.857. The highest BCUT2D eigenvalue weighted by Crippen LogP contribution is 2.02. The molecule has 58 valence electrons. The van der Waals surface area contributed by atoms with Crippen molar-refractivity contribution in [2.75, 3.05) is 13.1 Å². The molecule has 10 heavy (non-hydrogen) atoms. The van der Waals surface area contributed by atoms with E-state index in [1.165, 1.54) is 0 Å². The summed E-state index contributed by atoms with van der Waals surface area (Å²) >= 11 is 0. The molecule has 2 atom stereocenters. The predicted molar refractivity (Wildman–Crippen MR) is 39.7 cm³/mol. The van der Waals surface area contributed by atoms with Crippen LogP contribution in [0.15, 0.2) is 0 Å². The second-order valence-electron chi connectivity index (χ2n) is 2.96. The quantitative estimate of drug-likeness (QED) is 0.515. The van der Waals surface area contributed by atoms with Gasteiger partial charge in [0, 0.05) is 25.2 Å². The molecule has 1 amide bonds. The Labute approximate surface area is 61.4 Å². The van der Waals surface area contributed by atoms with Crippen LogP contribution in [0.25, 0.3) is 0 Å². The molecule has 1 aliphatic rings. The number of piperazine rings is 1. The molecule has 1 unspecified atom stereocenters. The van der Waals surface area contributed by atoms with E-state index in [0.717, 1.165) is 19.5 Å². The van der Waals surface area contributed by atoms with Crippen molar-refractivity contribution in [2.24, 2.45) is 0 Å². The molecule has 0 bridgehead atoms. The predicted octanol–water partition coefficient (Wildman–Crippen LogP) is -0.175. The first-order valence-electron chi connectivity index (χ1n) is 3.68. The SMILES string of the molecule is CC1CN[C@H](C)CN1C=O. The second kappa shape index (κ2) is 3.01. The third kappa shape index (κ3) is 1.48. The summed E-state index contributed by atoms with van der Waals surface area (Å²) < 4.78 is 0. The highest BCUT2D eigenvalue weighted by Gasteiger charge is 2.19. The maximum Gasteiger partial charge on any atom is 0.210 e. The van der Waals surface area contributed by atoms with E-state index < -0.39 is 0 Å². The van der Waals surface area contributed by atoms with Gasteiger partial charge in [-0.3, -0.25) is 4.79 Å². The zero-order chi connectivity index (χ0) is 7.56. The fourth-order valence-electron chi connectivity index (χ4n) is 1.20. The summed E-state index contributed by atoms with van der Waals surface area (Å²) in [5.74, 6) is 0. The van der Waals surface area contributed by atoms with Gasteiger partial charge >= 0.3 is 0 Å². The maximum atomic E-state index is 10.4. The van der Waals surface area contributed by atoms with Crippen LogP contribution in [0.4, 0.5) is 0 Å². The van der Waals surface area contributed by atoms with E-state index in [2.05, 4.69) is 12.2 Å². The van der Waals surface area contributed by atoms with Crippen LogP contribution in [0.5, 0.6) is 0 Å². The molecule has 0 aromatic rings. The lowest BCUT2D eigenvalue weighted by atomic mass is 10.2. The van der Waals surface area contributed by atoms with Crippen LogP contribution in [0, 0.1) is 0 Å². The number of carbonyl (C=O) groups is 1. The van der Waals surface area contributed by atoms with Crippen molar-refractivity contribution in [3.05, 3.63) is 0 Å². The van der Waals surface area contributed by atoms with Gasteiger partial charge in [-0.2, -0.15) is 0 Å². The lowest BCUT2D eigenvalue weighted by Gasteiger charge is -2.34. The van der Waals surface area contributed by atoms with Gasteiger partial charge in [-0.1, -0.05) is 0 Å². The highest BCUT2D eigenvalue weighted by atomic mass is 16.1. The van der Waals surface area contributed by atoms with E-state index in [4.69, 9.17) is 0 Å². The number of amides is 1. The number of nitrogens with one attached hydrogen (secondary N) is 1. The molecule has 0 saturated carbocycles. The van der Waals surface area contributed by atoms with Crippen LogP contribution in [-0.2, 0) is 4.79 Å². The zero-order valence-electron chi connectivity index (χ0n) is 6.50. The number of rotatable bonds is 1. The molecule has 0 aromatic heterocycles. The number of nitrogens with zero attached hydrogens (tertiary/aromatic N) is 1. The smallest absolute Gasteiger partial charge is 0.210 e. The number of hydrogen-bond donors (Lipinski definition) is 1. The standard InChI is InChI=1S/C7H14N2O/c1-6-4-9(5-10)7(2)3-8-6/h5-8H,3-4H2,1-2H3/t6-,7?/m1/s1. The van der Waals surface area contributed by atoms with Crippen LogP contribution in [0.1, 0.15) is 13.8 Å². The molecule has 0 aromatic carbocycles. The average Bonchev–Trinajstić information content (AvgIpc) is 1.94. The van der Waals surface area contributed by atoms with E-state index in [1.54, 1.807) is 0 Å². The van der Waals surface area contributed by atoms with Crippen LogP contribution in [-0.4, -0.2) is 36.5 Å². The van der Waals surface area contributed by atoms with Gasteiger partial charge in [-0.25, -0.2) is 0 Å². The molecule has 0 radical (unpaired) electrons. The van der Waals surface area contributed by atoms with Crippen LogP contribution < -0.4 is 5.32 Å². The van der Waals surface area contributed by atoms with Crippen LogP contribution in [0.3, 0.4) is 0 Å². The van der Waals surface area contributed by atoms with E-state index in [-0.39, 0.29) is 0 Å².